The van der Waals surface area contributed by atoms with Gasteiger partial charge in [-0.3, -0.25) is 4.90 Å². The van der Waals surface area contributed by atoms with Crippen LogP contribution in [0.5, 0.6) is 5.75 Å². The molecule has 0 saturated carbocycles. The first-order chi connectivity index (χ1) is 14.1. The SMILES string of the molecule is OCC(O)CN1CC=C(c2[nH]c3nccc4c3c2COc2ccc(F)cc2-4)CC1. The molecular weight excluding hydrogens is 373 g/mol. The zero-order valence-electron chi connectivity index (χ0n) is 15.9. The van der Waals surface area contributed by atoms with Crippen molar-refractivity contribution in [3.05, 3.63) is 53.6 Å². The van der Waals surface area contributed by atoms with Gasteiger partial charge in [0.1, 0.15) is 23.8 Å². The fourth-order valence-corrected chi connectivity index (χ4v) is 4.27. The smallest absolute Gasteiger partial charge is 0.138 e. The van der Waals surface area contributed by atoms with Gasteiger partial charge in [0.15, 0.2) is 0 Å². The predicted molar refractivity (Wildman–Crippen MR) is 108 cm³/mol. The van der Waals surface area contributed by atoms with Crippen LogP contribution in [-0.4, -0.2) is 57.4 Å². The molecule has 6 nitrogen and oxygen atoms in total. The zero-order valence-corrected chi connectivity index (χ0v) is 15.9. The molecule has 0 spiro atoms. The Bertz CT molecular complexity index is 1110. The van der Waals surface area contributed by atoms with Gasteiger partial charge in [-0.15, -0.1) is 0 Å². The van der Waals surface area contributed by atoms with Crippen LogP contribution in [0.1, 0.15) is 17.7 Å². The molecule has 2 aliphatic heterocycles. The van der Waals surface area contributed by atoms with E-state index in [9.17, 15) is 9.50 Å². The van der Waals surface area contributed by atoms with E-state index < -0.39 is 6.10 Å². The molecule has 1 aromatic carbocycles. The lowest BCUT2D eigenvalue weighted by Gasteiger charge is -2.27. The number of nitrogens with zero attached hydrogens (tertiary/aromatic N) is 2. The number of aliphatic hydroxyl groups excluding tert-OH is 2. The van der Waals surface area contributed by atoms with Crippen LogP contribution in [0.4, 0.5) is 4.39 Å². The molecule has 0 saturated heterocycles. The van der Waals surface area contributed by atoms with E-state index in [1.807, 2.05) is 6.07 Å². The van der Waals surface area contributed by atoms with Crippen LogP contribution in [0.15, 0.2) is 36.5 Å². The molecule has 7 heteroatoms. The summed E-state index contributed by atoms with van der Waals surface area (Å²) in [5, 5.41) is 19.7. The van der Waals surface area contributed by atoms with Gasteiger partial charge in [0.2, 0.25) is 0 Å². The molecule has 2 aromatic heterocycles. The Morgan fingerprint density at radius 2 is 2.17 bits per heavy atom. The second-order valence-electron chi connectivity index (χ2n) is 7.57. The predicted octanol–water partition coefficient (Wildman–Crippen LogP) is 2.70. The molecule has 0 aliphatic carbocycles. The number of H-pyrrole nitrogens is 1. The van der Waals surface area contributed by atoms with Crippen LogP contribution in [0.3, 0.4) is 0 Å². The van der Waals surface area contributed by atoms with E-state index in [1.165, 1.54) is 17.7 Å². The summed E-state index contributed by atoms with van der Waals surface area (Å²) in [5.41, 5.74) is 5.66. The van der Waals surface area contributed by atoms with Crippen molar-refractivity contribution in [3.8, 4) is 16.9 Å². The van der Waals surface area contributed by atoms with E-state index >= 15 is 0 Å². The number of fused-ring (bicyclic) bond motifs is 2. The normalized spacial score (nSPS) is 17.4. The summed E-state index contributed by atoms with van der Waals surface area (Å²) < 4.78 is 20.0. The van der Waals surface area contributed by atoms with Gasteiger partial charge in [-0.25, -0.2) is 9.37 Å². The van der Waals surface area contributed by atoms with E-state index in [4.69, 9.17) is 9.84 Å². The third-order valence-electron chi connectivity index (χ3n) is 5.70. The number of aromatic nitrogens is 2. The number of nitrogens with one attached hydrogen (secondary N) is 1. The van der Waals surface area contributed by atoms with Crippen molar-refractivity contribution < 1.29 is 19.3 Å². The maximum Gasteiger partial charge on any atom is 0.138 e. The molecule has 1 atom stereocenters. The highest BCUT2D eigenvalue weighted by Gasteiger charge is 2.25. The first-order valence-corrected chi connectivity index (χ1v) is 9.77. The second kappa shape index (κ2) is 7.26. The van der Waals surface area contributed by atoms with Crippen LogP contribution in [0.25, 0.3) is 27.7 Å². The van der Waals surface area contributed by atoms with E-state index in [0.717, 1.165) is 46.4 Å². The lowest BCUT2D eigenvalue weighted by Crippen LogP contribution is -2.37. The minimum absolute atomic E-state index is 0.230. The summed E-state index contributed by atoms with van der Waals surface area (Å²) in [6, 6.07) is 6.51. The Morgan fingerprint density at radius 1 is 1.28 bits per heavy atom. The van der Waals surface area contributed by atoms with Crippen molar-refractivity contribution in [1.29, 1.82) is 0 Å². The summed E-state index contributed by atoms with van der Waals surface area (Å²) in [6.45, 7) is 2.11. The van der Waals surface area contributed by atoms with Gasteiger partial charge in [0.25, 0.3) is 0 Å². The third-order valence-corrected chi connectivity index (χ3v) is 5.70. The number of halogens is 1. The summed E-state index contributed by atoms with van der Waals surface area (Å²) in [6.07, 6.45) is 3.97. The van der Waals surface area contributed by atoms with Crippen LogP contribution < -0.4 is 4.74 Å². The number of ether oxygens (including phenoxy) is 1. The minimum Gasteiger partial charge on any atom is -0.488 e. The van der Waals surface area contributed by atoms with Gasteiger partial charge in [-0.1, -0.05) is 6.08 Å². The summed E-state index contributed by atoms with van der Waals surface area (Å²) in [5.74, 6) is 0.375. The molecule has 0 amide bonds. The van der Waals surface area contributed by atoms with Crippen molar-refractivity contribution in [1.82, 2.24) is 14.9 Å². The molecule has 0 bridgehead atoms. The topological polar surface area (TPSA) is 81.6 Å². The Morgan fingerprint density at radius 3 is 2.97 bits per heavy atom. The Balaban J connectivity index is 1.55. The van der Waals surface area contributed by atoms with Gasteiger partial charge in [0, 0.05) is 42.3 Å². The van der Waals surface area contributed by atoms with Crippen LogP contribution in [-0.2, 0) is 6.61 Å². The quantitative estimate of drug-likeness (QED) is 0.633. The number of hydrogen-bond donors (Lipinski definition) is 3. The van der Waals surface area contributed by atoms with E-state index in [0.29, 0.717) is 25.4 Å². The van der Waals surface area contributed by atoms with Crippen molar-refractivity contribution in [3.63, 3.8) is 0 Å². The lowest BCUT2D eigenvalue weighted by atomic mass is 9.97. The Kier molecular flexibility index (Phi) is 4.58. The number of β-amino-alcohol motifs (C(OH)–C–C–N with tert-alkyl or cyclic N) is 1. The van der Waals surface area contributed by atoms with Crippen molar-refractivity contribution >= 4 is 16.6 Å². The molecule has 0 radical (unpaired) electrons. The fraction of sp³-hybridized carbons (Fsp3) is 0.318. The lowest BCUT2D eigenvalue weighted by molar-refractivity contribution is 0.0623. The van der Waals surface area contributed by atoms with E-state index in [-0.39, 0.29) is 12.4 Å². The van der Waals surface area contributed by atoms with Gasteiger partial charge in [-0.05, 0) is 41.8 Å². The van der Waals surface area contributed by atoms with Gasteiger partial charge < -0.3 is 19.9 Å². The van der Waals surface area contributed by atoms with Gasteiger partial charge >= 0.3 is 0 Å². The number of hydrogen-bond acceptors (Lipinski definition) is 5. The average molecular weight is 395 g/mol. The highest BCUT2D eigenvalue weighted by molar-refractivity contribution is 6.00. The average Bonchev–Trinajstić information content (AvgIpc) is 3.03. The largest absolute Gasteiger partial charge is 0.488 e. The zero-order chi connectivity index (χ0) is 20.0. The molecule has 3 N–H and O–H groups in total. The number of aliphatic hydroxyl groups is 2. The molecule has 1 unspecified atom stereocenters. The van der Waals surface area contributed by atoms with E-state index in [1.54, 1.807) is 12.3 Å². The standard InChI is InChI=1S/C22H22FN3O3/c23-14-1-2-19-17(9-14)16-3-6-24-22-20(16)18(12-29-19)21(25-22)13-4-7-26(8-5-13)10-15(28)11-27/h1-4,6,9,15,27-28H,5,7-8,10-12H2,(H,24,25). The number of rotatable bonds is 4. The summed E-state index contributed by atoms with van der Waals surface area (Å²) in [7, 11) is 0. The maximum atomic E-state index is 13.9. The van der Waals surface area contributed by atoms with Gasteiger partial charge in [-0.2, -0.15) is 0 Å². The van der Waals surface area contributed by atoms with Crippen LogP contribution in [0.2, 0.25) is 0 Å². The molecule has 3 aromatic rings. The molecule has 5 rings (SSSR count). The van der Waals surface area contributed by atoms with Crippen LogP contribution >= 0.6 is 0 Å². The molecular formula is C22H22FN3O3. The first-order valence-electron chi connectivity index (χ1n) is 9.77. The van der Waals surface area contributed by atoms with Crippen molar-refractivity contribution in [2.45, 2.75) is 19.1 Å². The molecule has 2 aliphatic rings. The van der Waals surface area contributed by atoms with Crippen molar-refractivity contribution in [2.75, 3.05) is 26.2 Å². The van der Waals surface area contributed by atoms with Crippen molar-refractivity contribution in [2.24, 2.45) is 0 Å². The molecule has 4 heterocycles. The monoisotopic (exact) mass is 395 g/mol. The first kappa shape index (κ1) is 18.3. The fourth-order valence-electron chi connectivity index (χ4n) is 4.27. The summed E-state index contributed by atoms with van der Waals surface area (Å²) >= 11 is 0. The molecule has 29 heavy (non-hydrogen) atoms. The number of pyridine rings is 1. The minimum atomic E-state index is -0.721. The Labute approximate surface area is 167 Å². The third kappa shape index (κ3) is 3.21. The summed E-state index contributed by atoms with van der Waals surface area (Å²) in [4.78, 5) is 10.1. The maximum absolute atomic E-state index is 13.9. The highest BCUT2D eigenvalue weighted by atomic mass is 19.1. The van der Waals surface area contributed by atoms with Gasteiger partial charge in [0.05, 0.1) is 18.4 Å². The molecule has 150 valence electrons. The Hall–Kier alpha value is -2.74. The van der Waals surface area contributed by atoms with Crippen LogP contribution in [0, 0.1) is 5.82 Å². The highest BCUT2D eigenvalue weighted by Crippen LogP contribution is 2.42. The number of aromatic amines is 1. The number of benzene rings is 1. The van der Waals surface area contributed by atoms with E-state index in [2.05, 4.69) is 20.9 Å². The second-order valence-corrected chi connectivity index (χ2v) is 7.57. The molecule has 0 fully saturated rings.